The molecule has 0 aliphatic carbocycles. The molecule has 0 saturated carbocycles. The number of carbonyl (C=O) groups excluding carboxylic acids is 3. The monoisotopic (exact) mass is 313 g/mol. The number of aromatic nitrogens is 1. The zero-order valence-corrected chi connectivity index (χ0v) is 12.5. The first-order valence-electron chi connectivity index (χ1n) is 7.19. The van der Waals surface area contributed by atoms with E-state index in [0.29, 0.717) is 35.7 Å². The van der Waals surface area contributed by atoms with Crippen LogP contribution in [0.1, 0.15) is 32.4 Å². The zero-order chi connectivity index (χ0) is 16.4. The third kappa shape index (κ3) is 2.98. The number of hydrogen-bond donors (Lipinski definition) is 1. The number of fused-ring (bicyclic) bond motifs is 1. The van der Waals surface area contributed by atoms with Crippen molar-refractivity contribution < 1.29 is 18.8 Å². The van der Waals surface area contributed by atoms with Crippen LogP contribution in [0, 0.1) is 6.92 Å². The molecule has 0 fully saturated rings. The fourth-order valence-electron chi connectivity index (χ4n) is 2.41. The van der Waals surface area contributed by atoms with E-state index in [9.17, 15) is 14.4 Å². The summed E-state index contributed by atoms with van der Waals surface area (Å²) in [6.45, 7) is 1.82. The molecule has 1 aromatic heterocycles. The van der Waals surface area contributed by atoms with E-state index in [-0.39, 0.29) is 6.54 Å². The molecule has 118 valence electrons. The highest BCUT2D eigenvalue weighted by Gasteiger charge is 2.36. The van der Waals surface area contributed by atoms with Gasteiger partial charge in [-0.25, -0.2) is 4.98 Å². The second-order valence-electron chi connectivity index (χ2n) is 5.21. The number of oxazole rings is 1. The van der Waals surface area contributed by atoms with Crippen LogP contribution < -0.4 is 5.32 Å². The van der Waals surface area contributed by atoms with E-state index in [4.69, 9.17) is 4.42 Å². The van der Waals surface area contributed by atoms with Gasteiger partial charge in [0.05, 0.1) is 17.3 Å². The summed E-state index contributed by atoms with van der Waals surface area (Å²) in [5.74, 6) is -0.0446. The van der Waals surface area contributed by atoms with Crippen molar-refractivity contribution in [2.75, 3.05) is 13.1 Å². The lowest BCUT2D eigenvalue weighted by Gasteiger charge is -2.13. The highest BCUT2D eigenvalue weighted by Crippen LogP contribution is 2.21. The van der Waals surface area contributed by atoms with Crippen molar-refractivity contribution in [3.63, 3.8) is 0 Å². The second kappa shape index (κ2) is 6.04. The second-order valence-corrected chi connectivity index (χ2v) is 5.21. The Morgan fingerprint density at radius 1 is 1.22 bits per heavy atom. The average Bonchev–Trinajstić information content (AvgIpc) is 3.05. The lowest BCUT2D eigenvalue weighted by molar-refractivity contribution is -0.121. The normalized spacial score (nSPS) is 13.3. The number of benzene rings is 1. The van der Waals surface area contributed by atoms with E-state index in [0.717, 1.165) is 4.90 Å². The van der Waals surface area contributed by atoms with Gasteiger partial charge in [0.2, 0.25) is 5.91 Å². The molecule has 7 nitrogen and oxygen atoms in total. The van der Waals surface area contributed by atoms with Gasteiger partial charge in [-0.15, -0.1) is 0 Å². The molecular formula is C16H15N3O4. The number of rotatable bonds is 5. The summed E-state index contributed by atoms with van der Waals surface area (Å²) >= 11 is 0. The van der Waals surface area contributed by atoms with Crippen LogP contribution in [0.3, 0.4) is 0 Å². The largest absolute Gasteiger partial charge is 0.446 e. The Morgan fingerprint density at radius 2 is 1.87 bits per heavy atom. The van der Waals surface area contributed by atoms with Crippen molar-refractivity contribution in [1.82, 2.24) is 15.2 Å². The van der Waals surface area contributed by atoms with Crippen molar-refractivity contribution in [1.29, 1.82) is 0 Å². The maximum Gasteiger partial charge on any atom is 0.262 e. The maximum atomic E-state index is 12.1. The van der Waals surface area contributed by atoms with Crippen molar-refractivity contribution in [3.8, 4) is 0 Å². The van der Waals surface area contributed by atoms with Gasteiger partial charge in [-0.1, -0.05) is 12.1 Å². The minimum atomic E-state index is -0.441. The molecule has 2 aromatic rings. The molecule has 23 heavy (non-hydrogen) atoms. The molecule has 7 heteroatoms. The van der Waals surface area contributed by atoms with Crippen molar-refractivity contribution in [2.45, 2.75) is 13.3 Å². The molecular weight excluding hydrogens is 298 g/mol. The third-order valence-corrected chi connectivity index (χ3v) is 3.51. The first-order chi connectivity index (χ1) is 11.1. The Labute approximate surface area is 132 Å². The van der Waals surface area contributed by atoms with E-state index in [1.54, 1.807) is 37.4 Å². The number of nitrogens with one attached hydrogen (secondary N) is 1. The smallest absolute Gasteiger partial charge is 0.262 e. The van der Waals surface area contributed by atoms with Gasteiger partial charge in [0.1, 0.15) is 12.3 Å². The van der Waals surface area contributed by atoms with Crippen LogP contribution in [-0.2, 0) is 11.2 Å². The van der Waals surface area contributed by atoms with Crippen molar-refractivity contribution in [3.05, 3.63) is 53.2 Å². The molecule has 0 atom stereocenters. The van der Waals surface area contributed by atoms with Crippen LogP contribution in [0.4, 0.5) is 0 Å². The number of carbonyl (C=O) groups is 3. The standard InChI is InChI=1S/C16H15N3O4/c1-10-8-18-14(23-10)6-7-17-13(20)9-19-15(21)11-4-2-3-5-12(11)16(19)22/h2-5,8H,6-7,9H2,1H3,(H,17,20). The molecule has 3 amide bonds. The molecule has 1 aliphatic rings. The van der Waals surface area contributed by atoms with Gasteiger partial charge >= 0.3 is 0 Å². The molecule has 0 unspecified atom stereocenters. The fraction of sp³-hybridized carbons (Fsp3) is 0.250. The van der Waals surface area contributed by atoms with Crippen LogP contribution in [0.2, 0.25) is 0 Å². The summed E-state index contributed by atoms with van der Waals surface area (Å²) in [5, 5.41) is 2.65. The molecule has 0 bridgehead atoms. The Kier molecular flexibility index (Phi) is 3.92. The number of amides is 3. The number of imide groups is 1. The van der Waals surface area contributed by atoms with Gasteiger partial charge in [-0.3, -0.25) is 19.3 Å². The molecule has 1 N–H and O–H groups in total. The first-order valence-corrected chi connectivity index (χ1v) is 7.19. The Morgan fingerprint density at radius 3 is 2.43 bits per heavy atom. The van der Waals surface area contributed by atoms with Crippen molar-refractivity contribution in [2.24, 2.45) is 0 Å². The SMILES string of the molecule is Cc1cnc(CCNC(=O)CN2C(=O)c3ccccc3C2=O)o1. The highest BCUT2D eigenvalue weighted by molar-refractivity contribution is 6.22. The van der Waals surface area contributed by atoms with E-state index < -0.39 is 17.7 Å². The highest BCUT2D eigenvalue weighted by atomic mass is 16.4. The van der Waals surface area contributed by atoms with E-state index in [2.05, 4.69) is 10.3 Å². The Hall–Kier alpha value is -2.96. The lowest BCUT2D eigenvalue weighted by atomic mass is 10.1. The molecule has 0 saturated heterocycles. The maximum absolute atomic E-state index is 12.1. The van der Waals surface area contributed by atoms with E-state index >= 15 is 0 Å². The predicted molar refractivity (Wildman–Crippen MR) is 79.8 cm³/mol. The Bertz CT molecular complexity index is 746. The molecule has 0 radical (unpaired) electrons. The van der Waals surface area contributed by atoms with E-state index in [1.807, 2.05) is 0 Å². The van der Waals surface area contributed by atoms with Gasteiger partial charge in [0.15, 0.2) is 5.89 Å². The zero-order valence-electron chi connectivity index (χ0n) is 12.5. The van der Waals surface area contributed by atoms with Crippen LogP contribution in [0.25, 0.3) is 0 Å². The van der Waals surface area contributed by atoms with Crippen LogP contribution in [0.5, 0.6) is 0 Å². The summed E-state index contributed by atoms with van der Waals surface area (Å²) < 4.78 is 5.29. The number of aryl methyl sites for hydroxylation is 1. The van der Waals surface area contributed by atoms with Gasteiger partial charge in [-0.05, 0) is 19.1 Å². The first kappa shape index (κ1) is 15.0. The van der Waals surface area contributed by atoms with Crippen LogP contribution >= 0.6 is 0 Å². The molecule has 1 aromatic carbocycles. The molecule has 0 spiro atoms. The average molecular weight is 313 g/mol. The molecule has 3 rings (SSSR count). The van der Waals surface area contributed by atoms with Crippen LogP contribution in [0.15, 0.2) is 34.9 Å². The van der Waals surface area contributed by atoms with Gasteiger partial charge in [-0.2, -0.15) is 0 Å². The summed E-state index contributed by atoms with van der Waals surface area (Å²) in [6.07, 6.45) is 2.05. The van der Waals surface area contributed by atoms with E-state index in [1.165, 1.54) is 0 Å². The van der Waals surface area contributed by atoms with Gasteiger partial charge in [0.25, 0.3) is 11.8 Å². The summed E-state index contributed by atoms with van der Waals surface area (Å²) in [5.41, 5.74) is 0.668. The minimum Gasteiger partial charge on any atom is -0.446 e. The van der Waals surface area contributed by atoms with Gasteiger partial charge in [0, 0.05) is 13.0 Å². The lowest BCUT2D eigenvalue weighted by Crippen LogP contribution is -2.40. The molecule has 1 aliphatic heterocycles. The fourth-order valence-corrected chi connectivity index (χ4v) is 2.41. The summed E-state index contributed by atoms with van der Waals surface area (Å²) in [4.78, 5) is 41.2. The Balaban J connectivity index is 1.54. The summed E-state index contributed by atoms with van der Waals surface area (Å²) in [7, 11) is 0. The number of hydrogen-bond acceptors (Lipinski definition) is 5. The number of nitrogens with zero attached hydrogens (tertiary/aromatic N) is 2. The minimum absolute atomic E-state index is 0.295. The van der Waals surface area contributed by atoms with Crippen molar-refractivity contribution >= 4 is 17.7 Å². The third-order valence-electron chi connectivity index (χ3n) is 3.51. The summed E-state index contributed by atoms with van der Waals surface area (Å²) in [6, 6.07) is 6.54. The quantitative estimate of drug-likeness (QED) is 0.829. The predicted octanol–water partition coefficient (Wildman–Crippen LogP) is 0.938. The van der Waals surface area contributed by atoms with Gasteiger partial charge < -0.3 is 9.73 Å². The molecule has 2 heterocycles. The topological polar surface area (TPSA) is 92.5 Å². The van der Waals surface area contributed by atoms with Crippen LogP contribution in [-0.4, -0.2) is 40.7 Å².